The maximum atomic E-state index is 12.6. The Morgan fingerprint density at radius 1 is 1.35 bits per heavy atom. The van der Waals surface area contributed by atoms with Crippen LogP contribution in [-0.2, 0) is 9.59 Å². The fraction of sp³-hybridized carbons (Fsp3) is 0.467. The molecule has 1 atom stereocenters. The molecule has 1 saturated heterocycles. The van der Waals surface area contributed by atoms with Crippen molar-refractivity contribution in [3.8, 4) is 0 Å². The minimum atomic E-state index is -0.450. The number of rotatable bonds is 2. The van der Waals surface area contributed by atoms with Crippen LogP contribution in [0.4, 0.5) is 5.69 Å². The van der Waals surface area contributed by atoms with Crippen molar-refractivity contribution < 1.29 is 9.59 Å². The molecule has 20 heavy (non-hydrogen) atoms. The summed E-state index contributed by atoms with van der Waals surface area (Å²) in [7, 11) is 0. The SMILES string of the molecule is Cc1cc(N2CCC(=O)NC(C(C)C)C2=O)ccc1Br. The monoisotopic (exact) mass is 338 g/mol. The zero-order chi connectivity index (χ0) is 14.9. The Bertz CT molecular complexity index is 543. The second-order valence-electron chi connectivity index (χ2n) is 5.46. The Labute approximate surface area is 127 Å². The predicted octanol–water partition coefficient (Wildman–Crippen LogP) is 2.64. The van der Waals surface area contributed by atoms with Crippen LogP contribution in [0.5, 0.6) is 0 Å². The van der Waals surface area contributed by atoms with Crippen LogP contribution in [0.15, 0.2) is 22.7 Å². The van der Waals surface area contributed by atoms with Gasteiger partial charge in [0.15, 0.2) is 0 Å². The highest BCUT2D eigenvalue weighted by Crippen LogP contribution is 2.25. The summed E-state index contributed by atoms with van der Waals surface area (Å²) in [6.45, 7) is 6.30. The van der Waals surface area contributed by atoms with E-state index in [1.807, 2.05) is 39.0 Å². The van der Waals surface area contributed by atoms with Crippen molar-refractivity contribution in [2.45, 2.75) is 33.2 Å². The van der Waals surface area contributed by atoms with E-state index in [0.29, 0.717) is 13.0 Å². The highest BCUT2D eigenvalue weighted by atomic mass is 79.9. The highest BCUT2D eigenvalue weighted by Gasteiger charge is 2.32. The first-order chi connectivity index (χ1) is 9.40. The molecule has 0 bridgehead atoms. The van der Waals surface area contributed by atoms with Gasteiger partial charge in [-0.1, -0.05) is 29.8 Å². The van der Waals surface area contributed by atoms with E-state index in [1.54, 1.807) is 4.90 Å². The lowest BCUT2D eigenvalue weighted by molar-refractivity contribution is -0.126. The molecule has 2 amide bonds. The molecule has 0 saturated carbocycles. The van der Waals surface area contributed by atoms with E-state index < -0.39 is 6.04 Å². The first-order valence-electron chi connectivity index (χ1n) is 6.77. The summed E-state index contributed by atoms with van der Waals surface area (Å²) in [5.74, 6) is -0.0236. The van der Waals surface area contributed by atoms with Crippen molar-refractivity contribution in [2.24, 2.45) is 5.92 Å². The summed E-state index contributed by atoms with van der Waals surface area (Å²) in [6, 6.07) is 5.36. The number of anilines is 1. The minimum absolute atomic E-state index is 0.0347. The third-order valence-corrected chi connectivity index (χ3v) is 4.42. The van der Waals surface area contributed by atoms with Gasteiger partial charge in [-0.2, -0.15) is 0 Å². The van der Waals surface area contributed by atoms with Gasteiger partial charge < -0.3 is 10.2 Å². The molecular formula is C15H19BrN2O2. The molecule has 0 aromatic heterocycles. The van der Waals surface area contributed by atoms with E-state index in [1.165, 1.54) is 0 Å². The Morgan fingerprint density at radius 3 is 2.65 bits per heavy atom. The molecule has 2 rings (SSSR count). The lowest BCUT2D eigenvalue weighted by atomic mass is 10.0. The summed E-state index contributed by atoms with van der Waals surface area (Å²) < 4.78 is 1.01. The van der Waals surface area contributed by atoms with Gasteiger partial charge in [-0.25, -0.2) is 0 Å². The van der Waals surface area contributed by atoms with E-state index in [9.17, 15) is 9.59 Å². The first-order valence-corrected chi connectivity index (χ1v) is 7.56. The van der Waals surface area contributed by atoms with Crippen molar-refractivity contribution in [3.05, 3.63) is 28.2 Å². The number of halogens is 1. The number of hydrogen-bond donors (Lipinski definition) is 1. The topological polar surface area (TPSA) is 49.4 Å². The van der Waals surface area contributed by atoms with Gasteiger partial charge in [-0.15, -0.1) is 0 Å². The Balaban J connectivity index is 2.35. The Kier molecular flexibility index (Phi) is 4.48. The molecule has 1 unspecified atom stereocenters. The maximum Gasteiger partial charge on any atom is 0.249 e. The molecular weight excluding hydrogens is 320 g/mol. The lowest BCUT2D eigenvalue weighted by Gasteiger charge is -2.26. The number of benzene rings is 1. The van der Waals surface area contributed by atoms with Crippen LogP contribution >= 0.6 is 15.9 Å². The molecule has 1 N–H and O–H groups in total. The standard InChI is InChI=1S/C15H19BrN2O2/c1-9(2)14-15(20)18(7-6-13(19)17-14)11-4-5-12(16)10(3)8-11/h4-5,8-9,14H,6-7H2,1-3H3,(H,17,19). The van der Waals surface area contributed by atoms with Gasteiger partial charge in [0.05, 0.1) is 0 Å². The minimum Gasteiger partial charge on any atom is -0.344 e. The molecule has 0 radical (unpaired) electrons. The molecule has 1 aliphatic rings. The van der Waals surface area contributed by atoms with E-state index >= 15 is 0 Å². The van der Waals surface area contributed by atoms with Crippen molar-refractivity contribution in [1.82, 2.24) is 5.32 Å². The average Bonchev–Trinajstić information content (AvgIpc) is 2.53. The van der Waals surface area contributed by atoms with Crippen molar-refractivity contribution >= 4 is 33.4 Å². The summed E-state index contributed by atoms with van der Waals surface area (Å²) in [5, 5.41) is 2.81. The van der Waals surface area contributed by atoms with Crippen LogP contribution in [0.3, 0.4) is 0 Å². The van der Waals surface area contributed by atoms with E-state index in [0.717, 1.165) is 15.7 Å². The lowest BCUT2D eigenvalue weighted by Crippen LogP contribution is -2.47. The van der Waals surface area contributed by atoms with Crippen LogP contribution < -0.4 is 10.2 Å². The summed E-state index contributed by atoms with van der Waals surface area (Å²) in [6.07, 6.45) is 0.337. The molecule has 0 aliphatic carbocycles. The van der Waals surface area contributed by atoms with Gasteiger partial charge in [-0.05, 0) is 36.6 Å². The average molecular weight is 339 g/mol. The number of amides is 2. The van der Waals surface area contributed by atoms with Crippen molar-refractivity contribution in [2.75, 3.05) is 11.4 Å². The number of carbonyl (C=O) groups is 2. The van der Waals surface area contributed by atoms with Crippen LogP contribution in [-0.4, -0.2) is 24.4 Å². The Hall–Kier alpha value is -1.36. The number of carbonyl (C=O) groups excluding carboxylic acids is 2. The molecule has 1 aromatic carbocycles. The molecule has 1 aromatic rings. The van der Waals surface area contributed by atoms with Gasteiger partial charge >= 0.3 is 0 Å². The van der Waals surface area contributed by atoms with Gasteiger partial charge in [-0.3, -0.25) is 9.59 Å². The molecule has 1 aliphatic heterocycles. The second kappa shape index (κ2) is 5.95. The third kappa shape index (κ3) is 3.03. The summed E-state index contributed by atoms with van der Waals surface area (Å²) >= 11 is 3.46. The number of nitrogens with zero attached hydrogens (tertiary/aromatic N) is 1. The van der Waals surface area contributed by atoms with Crippen LogP contribution in [0, 0.1) is 12.8 Å². The van der Waals surface area contributed by atoms with Gasteiger partial charge in [0.1, 0.15) is 6.04 Å². The zero-order valence-corrected chi connectivity index (χ0v) is 13.5. The predicted molar refractivity (Wildman–Crippen MR) is 82.6 cm³/mol. The van der Waals surface area contributed by atoms with E-state index in [4.69, 9.17) is 0 Å². The summed E-state index contributed by atoms with van der Waals surface area (Å²) in [4.78, 5) is 26.1. The number of aryl methyl sites for hydroxylation is 1. The number of hydrogen-bond acceptors (Lipinski definition) is 2. The van der Waals surface area contributed by atoms with Gasteiger partial charge in [0, 0.05) is 23.1 Å². The maximum absolute atomic E-state index is 12.6. The highest BCUT2D eigenvalue weighted by molar-refractivity contribution is 9.10. The van der Waals surface area contributed by atoms with E-state index in [2.05, 4.69) is 21.2 Å². The first kappa shape index (κ1) is 15.0. The largest absolute Gasteiger partial charge is 0.344 e. The molecule has 4 nitrogen and oxygen atoms in total. The van der Waals surface area contributed by atoms with E-state index in [-0.39, 0.29) is 17.7 Å². The van der Waals surface area contributed by atoms with Crippen LogP contribution in [0.2, 0.25) is 0 Å². The van der Waals surface area contributed by atoms with Crippen LogP contribution in [0.25, 0.3) is 0 Å². The van der Waals surface area contributed by atoms with Crippen molar-refractivity contribution in [3.63, 3.8) is 0 Å². The van der Waals surface area contributed by atoms with Crippen molar-refractivity contribution in [1.29, 1.82) is 0 Å². The third-order valence-electron chi connectivity index (χ3n) is 3.53. The smallest absolute Gasteiger partial charge is 0.249 e. The quantitative estimate of drug-likeness (QED) is 0.901. The Morgan fingerprint density at radius 2 is 2.05 bits per heavy atom. The molecule has 1 heterocycles. The molecule has 108 valence electrons. The fourth-order valence-corrected chi connectivity index (χ4v) is 2.55. The summed E-state index contributed by atoms with van der Waals surface area (Å²) in [5.41, 5.74) is 1.91. The van der Waals surface area contributed by atoms with Gasteiger partial charge in [0.25, 0.3) is 0 Å². The fourth-order valence-electron chi connectivity index (χ4n) is 2.30. The number of nitrogens with one attached hydrogen (secondary N) is 1. The van der Waals surface area contributed by atoms with Gasteiger partial charge in [0.2, 0.25) is 11.8 Å². The van der Waals surface area contributed by atoms with Crippen LogP contribution in [0.1, 0.15) is 25.8 Å². The second-order valence-corrected chi connectivity index (χ2v) is 6.32. The normalized spacial score (nSPS) is 20.1. The molecule has 0 spiro atoms. The molecule has 1 fully saturated rings. The zero-order valence-electron chi connectivity index (χ0n) is 11.9. The molecule has 5 heteroatoms.